The number of aromatic nitrogens is 3. The second-order valence-corrected chi connectivity index (χ2v) is 5.81. The van der Waals surface area contributed by atoms with Gasteiger partial charge in [0.05, 0.1) is 0 Å². The van der Waals surface area contributed by atoms with Gasteiger partial charge in [0.15, 0.2) is 5.82 Å². The van der Waals surface area contributed by atoms with Crippen molar-refractivity contribution >= 4 is 33.2 Å². The molecule has 0 saturated heterocycles. The molecule has 3 aromatic rings. The standard InChI is InChI=1S/C14H12ClN3S/c1-3-9-7-10-12(15)17-13(18-14(10)19-9)11-6-8(2)4-5-16-11/h4-7H,3H2,1-2H3. The van der Waals surface area contributed by atoms with Crippen molar-refractivity contribution in [1.29, 1.82) is 0 Å². The minimum atomic E-state index is 0.499. The molecule has 3 aromatic heterocycles. The third kappa shape index (κ3) is 2.33. The summed E-state index contributed by atoms with van der Waals surface area (Å²) < 4.78 is 0. The Kier molecular flexibility index (Phi) is 3.21. The number of fused-ring (bicyclic) bond motifs is 1. The third-order valence-corrected chi connectivity index (χ3v) is 4.35. The van der Waals surface area contributed by atoms with Crippen LogP contribution in [0.2, 0.25) is 5.15 Å². The molecule has 0 aliphatic rings. The molecule has 0 unspecified atom stereocenters. The number of thiophene rings is 1. The van der Waals surface area contributed by atoms with E-state index in [1.54, 1.807) is 17.5 Å². The van der Waals surface area contributed by atoms with Crippen LogP contribution in [0.3, 0.4) is 0 Å². The van der Waals surface area contributed by atoms with E-state index in [-0.39, 0.29) is 0 Å². The van der Waals surface area contributed by atoms with Crippen molar-refractivity contribution in [2.45, 2.75) is 20.3 Å². The van der Waals surface area contributed by atoms with Gasteiger partial charge in [-0.15, -0.1) is 11.3 Å². The molecule has 0 aromatic carbocycles. The Bertz CT molecular complexity index is 752. The zero-order valence-electron chi connectivity index (χ0n) is 10.6. The number of rotatable bonds is 2. The lowest BCUT2D eigenvalue weighted by atomic mass is 10.2. The van der Waals surface area contributed by atoms with Crippen molar-refractivity contribution in [2.75, 3.05) is 0 Å². The van der Waals surface area contributed by atoms with Crippen LogP contribution < -0.4 is 0 Å². The minimum absolute atomic E-state index is 0.499. The molecule has 0 atom stereocenters. The number of hydrogen-bond donors (Lipinski definition) is 0. The lowest BCUT2D eigenvalue weighted by Crippen LogP contribution is -1.92. The zero-order chi connectivity index (χ0) is 13.4. The van der Waals surface area contributed by atoms with Crippen LogP contribution in [0.1, 0.15) is 17.4 Å². The number of nitrogens with zero attached hydrogens (tertiary/aromatic N) is 3. The number of aryl methyl sites for hydroxylation is 2. The fraction of sp³-hybridized carbons (Fsp3) is 0.214. The first-order valence-corrected chi connectivity index (χ1v) is 7.26. The number of hydrogen-bond acceptors (Lipinski definition) is 4. The molecule has 0 spiro atoms. The van der Waals surface area contributed by atoms with Gasteiger partial charge in [-0.25, -0.2) is 9.97 Å². The summed E-state index contributed by atoms with van der Waals surface area (Å²) in [5.41, 5.74) is 1.89. The SMILES string of the molecule is CCc1cc2c(Cl)nc(-c3cc(C)ccn3)nc2s1. The summed E-state index contributed by atoms with van der Waals surface area (Å²) in [4.78, 5) is 15.4. The molecule has 3 rings (SSSR count). The van der Waals surface area contributed by atoms with Gasteiger partial charge in [-0.2, -0.15) is 0 Å². The average Bonchev–Trinajstić information content (AvgIpc) is 2.82. The van der Waals surface area contributed by atoms with Gasteiger partial charge in [-0.3, -0.25) is 4.98 Å². The van der Waals surface area contributed by atoms with Crippen molar-refractivity contribution in [3.63, 3.8) is 0 Å². The lowest BCUT2D eigenvalue weighted by molar-refractivity contribution is 1.17. The van der Waals surface area contributed by atoms with Gasteiger partial charge in [0.2, 0.25) is 0 Å². The van der Waals surface area contributed by atoms with E-state index in [1.165, 1.54) is 4.88 Å². The Balaban J connectivity index is 2.20. The summed E-state index contributed by atoms with van der Waals surface area (Å²) in [5.74, 6) is 0.589. The van der Waals surface area contributed by atoms with E-state index >= 15 is 0 Å². The average molecular weight is 290 g/mol. The summed E-state index contributed by atoms with van der Waals surface area (Å²) in [6.07, 6.45) is 2.74. The van der Waals surface area contributed by atoms with E-state index in [0.29, 0.717) is 11.0 Å². The Hall–Kier alpha value is -1.52. The summed E-state index contributed by atoms with van der Waals surface area (Å²) in [7, 11) is 0. The van der Waals surface area contributed by atoms with E-state index in [9.17, 15) is 0 Å². The molecule has 0 saturated carbocycles. The van der Waals surface area contributed by atoms with Gasteiger partial charge in [0.25, 0.3) is 0 Å². The van der Waals surface area contributed by atoms with Crippen LogP contribution in [-0.2, 0) is 6.42 Å². The van der Waals surface area contributed by atoms with Crippen molar-refractivity contribution in [2.24, 2.45) is 0 Å². The predicted molar refractivity (Wildman–Crippen MR) is 79.8 cm³/mol. The van der Waals surface area contributed by atoms with Crippen LogP contribution >= 0.6 is 22.9 Å². The molecule has 0 aliphatic carbocycles. The second-order valence-electron chi connectivity index (χ2n) is 4.34. The Morgan fingerprint density at radius 3 is 2.84 bits per heavy atom. The zero-order valence-corrected chi connectivity index (χ0v) is 12.2. The van der Waals surface area contributed by atoms with E-state index in [1.807, 2.05) is 19.1 Å². The number of halogens is 1. The van der Waals surface area contributed by atoms with Gasteiger partial charge in [0, 0.05) is 16.5 Å². The fourth-order valence-corrected chi connectivity index (χ4v) is 3.13. The van der Waals surface area contributed by atoms with Gasteiger partial charge in [-0.05, 0) is 37.1 Å². The first-order valence-electron chi connectivity index (χ1n) is 6.06. The maximum absolute atomic E-state index is 6.25. The van der Waals surface area contributed by atoms with Gasteiger partial charge < -0.3 is 0 Å². The molecule has 5 heteroatoms. The van der Waals surface area contributed by atoms with Gasteiger partial charge >= 0.3 is 0 Å². The molecule has 0 bridgehead atoms. The van der Waals surface area contributed by atoms with E-state index < -0.39 is 0 Å². The summed E-state index contributed by atoms with van der Waals surface area (Å²) >= 11 is 7.91. The van der Waals surface area contributed by atoms with E-state index in [2.05, 4.69) is 27.9 Å². The smallest absolute Gasteiger partial charge is 0.180 e. The minimum Gasteiger partial charge on any atom is -0.253 e. The highest BCUT2D eigenvalue weighted by atomic mass is 35.5. The molecule has 0 amide bonds. The lowest BCUT2D eigenvalue weighted by Gasteiger charge is -2.01. The highest BCUT2D eigenvalue weighted by molar-refractivity contribution is 7.18. The number of pyridine rings is 1. The van der Waals surface area contributed by atoms with Crippen molar-refractivity contribution in [3.05, 3.63) is 40.0 Å². The molecular formula is C14H12ClN3S. The molecule has 0 aliphatic heterocycles. The van der Waals surface area contributed by atoms with Crippen molar-refractivity contribution in [3.8, 4) is 11.5 Å². The second kappa shape index (κ2) is 4.87. The summed E-state index contributed by atoms with van der Waals surface area (Å²) in [5, 5.41) is 1.43. The normalized spacial score (nSPS) is 11.1. The molecular weight excluding hydrogens is 278 g/mol. The molecule has 3 heterocycles. The maximum atomic E-state index is 6.25. The molecule has 0 radical (unpaired) electrons. The maximum Gasteiger partial charge on any atom is 0.180 e. The molecule has 0 fully saturated rings. The van der Waals surface area contributed by atoms with Gasteiger partial charge in [0.1, 0.15) is 15.7 Å². The van der Waals surface area contributed by atoms with Crippen molar-refractivity contribution < 1.29 is 0 Å². The van der Waals surface area contributed by atoms with Gasteiger partial charge in [-0.1, -0.05) is 18.5 Å². The predicted octanol–water partition coefficient (Wildman–Crippen LogP) is 4.28. The first kappa shape index (κ1) is 12.5. The Morgan fingerprint density at radius 1 is 1.26 bits per heavy atom. The molecule has 0 N–H and O–H groups in total. The molecule has 19 heavy (non-hydrogen) atoms. The Morgan fingerprint density at radius 2 is 2.11 bits per heavy atom. The summed E-state index contributed by atoms with van der Waals surface area (Å²) in [6, 6.07) is 5.98. The Labute approximate surface area is 120 Å². The fourth-order valence-electron chi connectivity index (χ4n) is 1.88. The third-order valence-electron chi connectivity index (χ3n) is 2.89. The molecule has 96 valence electrons. The van der Waals surface area contributed by atoms with E-state index in [0.717, 1.165) is 27.9 Å². The van der Waals surface area contributed by atoms with Crippen LogP contribution in [0.5, 0.6) is 0 Å². The highest BCUT2D eigenvalue weighted by Gasteiger charge is 2.11. The van der Waals surface area contributed by atoms with Crippen LogP contribution in [-0.4, -0.2) is 15.0 Å². The summed E-state index contributed by atoms with van der Waals surface area (Å²) in [6.45, 7) is 4.14. The molecule has 3 nitrogen and oxygen atoms in total. The van der Waals surface area contributed by atoms with E-state index in [4.69, 9.17) is 11.6 Å². The highest BCUT2D eigenvalue weighted by Crippen LogP contribution is 2.30. The van der Waals surface area contributed by atoms with Crippen molar-refractivity contribution in [1.82, 2.24) is 15.0 Å². The van der Waals surface area contributed by atoms with Crippen LogP contribution in [0, 0.1) is 6.92 Å². The van der Waals surface area contributed by atoms with Crippen LogP contribution in [0.15, 0.2) is 24.4 Å². The van der Waals surface area contributed by atoms with Crippen LogP contribution in [0.25, 0.3) is 21.7 Å². The van der Waals surface area contributed by atoms with Crippen LogP contribution in [0.4, 0.5) is 0 Å². The topological polar surface area (TPSA) is 38.7 Å². The largest absolute Gasteiger partial charge is 0.253 e. The quantitative estimate of drug-likeness (QED) is 0.661. The first-order chi connectivity index (χ1) is 9.17. The monoisotopic (exact) mass is 289 g/mol.